The van der Waals surface area contributed by atoms with E-state index in [1.165, 1.54) is 7.11 Å². The summed E-state index contributed by atoms with van der Waals surface area (Å²) in [5.74, 6) is 0.533. The van der Waals surface area contributed by atoms with Crippen LogP contribution < -0.4 is 15.4 Å². The molecule has 0 aliphatic carbocycles. The number of hydrogen-bond donors (Lipinski definition) is 4. The van der Waals surface area contributed by atoms with E-state index in [-0.39, 0.29) is 24.5 Å². The number of aliphatic imine (C=N–C) groups is 1. The van der Waals surface area contributed by atoms with Crippen molar-refractivity contribution in [1.82, 2.24) is 15.4 Å². The first-order valence-corrected chi connectivity index (χ1v) is 11.6. The largest absolute Gasteiger partial charge is 0.384 e. The van der Waals surface area contributed by atoms with Gasteiger partial charge >= 0.3 is 0 Å². The van der Waals surface area contributed by atoms with Gasteiger partial charge in [-0.1, -0.05) is 42.5 Å². The predicted molar refractivity (Wildman–Crippen MR) is 122 cm³/mol. The lowest BCUT2D eigenvalue weighted by atomic mass is 9.96. The zero-order chi connectivity index (χ0) is 22.7. The molecule has 0 amide bonds. The summed E-state index contributed by atoms with van der Waals surface area (Å²) in [5, 5.41) is 17.1. The minimum Gasteiger partial charge on any atom is -0.384 e. The molecule has 0 saturated heterocycles. The third-order valence-electron chi connectivity index (χ3n) is 4.57. The van der Waals surface area contributed by atoms with Gasteiger partial charge in [-0.2, -0.15) is 0 Å². The Morgan fingerprint density at radius 1 is 1.13 bits per heavy atom. The Balaban J connectivity index is 2.06. The summed E-state index contributed by atoms with van der Waals surface area (Å²) in [6.07, 6.45) is 0. The molecule has 0 fully saturated rings. The highest BCUT2D eigenvalue weighted by Gasteiger charge is 2.23. The number of hydrogen-bond acceptors (Lipinski definition) is 5. The van der Waals surface area contributed by atoms with Crippen molar-refractivity contribution in [3.8, 4) is 0 Å². The average Bonchev–Trinajstić information content (AvgIpc) is 2.76. The molecular weight excluding hydrogens is 416 g/mol. The summed E-state index contributed by atoms with van der Waals surface area (Å²) in [7, 11) is -2.09. The summed E-state index contributed by atoms with van der Waals surface area (Å²) >= 11 is 0. The van der Waals surface area contributed by atoms with Crippen molar-refractivity contribution in [1.29, 1.82) is 0 Å². The number of benzene rings is 2. The maximum absolute atomic E-state index is 12.4. The molecule has 1 unspecified atom stereocenters. The van der Waals surface area contributed by atoms with Gasteiger partial charge in [0.1, 0.15) is 5.60 Å². The van der Waals surface area contributed by atoms with E-state index in [2.05, 4.69) is 20.3 Å². The molecule has 0 aliphatic heterocycles. The third-order valence-corrected chi connectivity index (χ3v) is 6.03. The Hall–Kier alpha value is -2.46. The molecule has 8 nitrogen and oxygen atoms in total. The normalized spacial score (nSPS) is 14.1. The van der Waals surface area contributed by atoms with Crippen LogP contribution >= 0.6 is 0 Å². The second-order valence-corrected chi connectivity index (χ2v) is 8.99. The van der Waals surface area contributed by atoms with E-state index in [1.807, 2.05) is 43.3 Å². The van der Waals surface area contributed by atoms with Crippen molar-refractivity contribution in [3.05, 3.63) is 65.7 Å². The number of rotatable bonds is 11. The molecule has 2 rings (SSSR count). The van der Waals surface area contributed by atoms with Gasteiger partial charge in [-0.05, 0) is 37.1 Å². The number of sulfonamides is 1. The van der Waals surface area contributed by atoms with Crippen molar-refractivity contribution in [2.75, 3.05) is 33.4 Å². The van der Waals surface area contributed by atoms with Crippen LogP contribution in [-0.4, -0.2) is 52.8 Å². The smallest absolute Gasteiger partial charge is 0.240 e. The summed E-state index contributed by atoms with van der Waals surface area (Å²) in [5.41, 5.74) is 0.484. The first kappa shape index (κ1) is 24.8. The first-order valence-electron chi connectivity index (χ1n) is 10.2. The van der Waals surface area contributed by atoms with Crippen LogP contribution in [0, 0.1) is 0 Å². The lowest BCUT2D eigenvalue weighted by Gasteiger charge is -2.25. The van der Waals surface area contributed by atoms with Gasteiger partial charge in [0.05, 0.1) is 24.6 Å². The fourth-order valence-corrected chi connectivity index (χ4v) is 3.92. The van der Waals surface area contributed by atoms with E-state index in [1.54, 1.807) is 25.1 Å². The zero-order valence-electron chi connectivity index (χ0n) is 18.3. The summed E-state index contributed by atoms with van der Waals surface area (Å²) in [6.45, 7) is 5.39. The molecule has 0 heterocycles. The minimum absolute atomic E-state index is 0.182. The van der Waals surface area contributed by atoms with E-state index in [4.69, 9.17) is 4.74 Å². The molecule has 2 aromatic carbocycles. The van der Waals surface area contributed by atoms with Crippen molar-refractivity contribution in [2.45, 2.75) is 30.9 Å². The maximum Gasteiger partial charge on any atom is 0.240 e. The lowest BCUT2D eigenvalue weighted by molar-refractivity contribution is 0.0617. The van der Waals surface area contributed by atoms with Gasteiger partial charge in [-0.3, -0.25) is 0 Å². The van der Waals surface area contributed by atoms with Crippen LogP contribution in [0.2, 0.25) is 0 Å². The quantitative estimate of drug-likeness (QED) is 0.236. The molecule has 2 aromatic rings. The Bertz CT molecular complexity index is 947. The summed E-state index contributed by atoms with van der Waals surface area (Å²) in [4.78, 5) is 4.71. The lowest BCUT2D eigenvalue weighted by Crippen LogP contribution is -2.44. The highest BCUT2D eigenvalue weighted by Crippen LogP contribution is 2.19. The Morgan fingerprint density at radius 3 is 2.55 bits per heavy atom. The van der Waals surface area contributed by atoms with Crippen molar-refractivity contribution in [2.24, 2.45) is 4.99 Å². The highest BCUT2D eigenvalue weighted by molar-refractivity contribution is 7.89. The van der Waals surface area contributed by atoms with Crippen LogP contribution in [0.15, 0.2) is 64.5 Å². The van der Waals surface area contributed by atoms with E-state index < -0.39 is 15.6 Å². The first-order chi connectivity index (χ1) is 14.8. The van der Waals surface area contributed by atoms with Gasteiger partial charge in [0, 0.05) is 20.2 Å². The van der Waals surface area contributed by atoms with Crippen LogP contribution in [-0.2, 0) is 26.9 Å². The predicted octanol–water partition coefficient (Wildman–Crippen LogP) is 1.57. The second kappa shape index (κ2) is 11.8. The number of nitrogens with zero attached hydrogens (tertiary/aromatic N) is 1. The van der Waals surface area contributed by atoms with Crippen LogP contribution in [0.3, 0.4) is 0 Å². The standard InChI is InChI=1S/C22H32N4O4S/c1-4-23-21(25-17-22(2,27)19-10-6-5-7-11-19)24-16-18-9-8-12-20(15-18)31(28,29)26-13-14-30-3/h5-12,15,26-27H,4,13-14,16-17H2,1-3H3,(H2,23,24,25). The van der Waals surface area contributed by atoms with E-state index >= 15 is 0 Å². The maximum atomic E-state index is 12.4. The third kappa shape index (κ3) is 7.95. The number of ether oxygens (including phenoxy) is 1. The molecular formula is C22H32N4O4S. The molecule has 0 aliphatic rings. The van der Waals surface area contributed by atoms with E-state index in [0.717, 1.165) is 11.1 Å². The van der Waals surface area contributed by atoms with Crippen molar-refractivity contribution >= 4 is 16.0 Å². The number of nitrogens with one attached hydrogen (secondary N) is 3. The Kier molecular flexibility index (Phi) is 9.44. The van der Waals surface area contributed by atoms with Crippen LogP contribution in [0.4, 0.5) is 0 Å². The van der Waals surface area contributed by atoms with Gasteiger partial charge in [-0.15, -0.1) is 0 Å². The molecule has 9 heteroatoms. The molecule has 0 spiro atoms. The molecule has 0 aromatic heterocycles. The fraction of sp³-hybridized carbons (Fsp3) is 0.409. The molecule has 0 saturated carbocycles. The van der Waals surface area contributed by atoms with Crippen molar-refractivity contribution < 1.29 is 18.3 Å². The van der Waals surface area contributed by atoms with Crippen LogP contribution in [0.1, 0.15) is 25.0 Å². The molecule has 31 heavy (non-hydrogen) atoms. The summed E-state index contributed by atoms with van der Waals surface area (Å²) < 4.78 is 32.2. The fourth-order valence-electron chi connectivity index (χ4n) is 2.84. The van der Waals surface area contributed by atoms with E-state index in [0.29, 0.717) is 19.1 Å². The summed E-state index contributed by atoms with van der Waals surface area (Å²) in [6, 6.07) is 16.1. The van der Waals surface area contributed by atoms with Gasteiger partial charge < -0.3 is 20.5 Å². The SMILES string of the molecule is CCNC(=NCc1cccc(S(=O)(=O)NCCOC)c1)NCC(C)(O)c1ccccc1. The Morgan fingerprint density at radius 2 is 1.87 bits per heavy atom. The van der Waals surface area contributed by atoms with E-state index in [9.17, 15) is 13.5 Å². The molecule has 1 atom stereocenters. The van der Waals surface area contributed by atoms with Crippen molar-refractivity contribution in [3.63, 3.8) is 0 Å². The Labute approximate surface area is 184 Å². The van der Waals surface area contributed by atoms with Gasteiger partial charge in [-0.25, -0.2) is 18.1 Å². The zero-order valence-corrected chi connectivity index (χ0v) is 19.1. The van der Waals surface area contributed by atoms with Gasteiger partial charge in [0.15, 0.2) is 5.96 Å². The number of guanidine groups is 1. The average molecular weight is 449 g/mol. The molecule has 4 N–H and O–H groups in total. The van der Waals surface area contributed by atoms with Gasteiger partial charge in [0.25, 0.3) is 0 Å². The topological polar surface area (TPSA) is 112 Å². The second-order valence-electron chi connectivity index (χ2n) is 7.23. The molecule has 170 valence electrons. The minimum atomic E-state index is -3.61. The molecule has 0 radical (unpaired) electrons. The van der Waals surface area contributed by atoms with Gasteiger partial charge in [0.2, 0.25) is 10.0 Å². The van der Waals surface area contributed by atoms with Crippen LogP contribution in [0.5, 0.6) is 0 Å². The monoisotopic (exact) mass is 448 g/mol. The van der Waals surface area contributed by atoms with Crippen LogP contribution in [0.25, 0.3) is 0 Å². The number of aliphatic hydroxyl groups is 1. The highest BCUT2D eigenvalue weighted by atomic mass is 32.2. The number of methoxy groups -OCH3 is 1. The molecule has 0 bridgehead atoms.